The van der Waals surface area contributed by atoms with Crippen LogP contribution in [0.5, 0.6) is 0 Å². The van der Waals surface area contributed by atoms with E-state index in [1.165, 1.54) is 0 Å². The van der Waals surface area contributed by atoms with Crippen molar-refractivity contribution >= 4 is 12.4 Å². The van der Waals surface area contributed by atoms with Crippen LogP contribution in [0.3, 0.4) is 0 Å². The molecule has 0 saturated heterocycles. The van der Waals surface area contributed by atoms with E-state index in [1.807, 2.05) is 0 Å². The van der Waals surface area contributed by atoms with Crippen LogP contribution in [0, 0.1) is 12.3 Å². The van der Waals surface area contributed by atoms with Gasteiger partial charge in [0.2, 0.25) is 0 Å². The minimum Gasteiger partial charge on any atom is -0.304 e. The molecule has 0 atom stereocenters. The molecular weight excluding hydrogens is 122 g/mol. The Kier molecular flexibility index (Phi) is 9.13. The van der Waals surface area contributed by atoms with Crippen molar-refractivity contribution in [2.75, 3.05) is 6.54 Å². The predicted molar refractivity (Wildman–Crippen MR) is 39.2 cm³/mol. The van der Waals surface area contributed by atoms with Crippen LogP contribution in [0.1, 0.15) is 13.8 Å². The number of hydrogen-bond acceptors (Lipinski definition) is 1. The predicted octanol–water partition coefficient (Wildman–Crippen LogP) is 1.04. The van der Waals surface area contributed by atoms with Gasteiger partial charge >= 0.3 is 0 Å². The Hall–Kier alpha value is -0.190. The first kappa shape index (κ1) is 10.7. The standard InChI is InChI=1S/C6H11N.ClH/c1-4-5-7-6(2)3;/h1,6-7H,5H2,2-3H3;1H. The number of nitrogens with one attached hydrogen (secondary N) is 1. The van der Waals surface area contributed by atoms with Crippen LogP contribution in [0.25, 0.3) is 0 Å². The van der Waals surface area contributed by atoms with Gasteiger partial charge in [0.25, 0.3) is 0 Å². The lowest BCUT2D eigenvalue weighted by Gasteiger charge is -2.00. The van der Waals surface area contributed by atoms with Gasteiger partial charge in [-0.25, -0.2) is 0 Å². The molecule has 0 heterocycles. The molecule has 1 nitrogen and oxygen atoms in total. The summed E-state index contributed by atoms with van der Waals surface area (Å²) in [6, 6.07) is 0.510. The zero-order valence-electron chi connectivity index (χ0n) is 5.27. The summed E-state index contributed by atoms with van der Waals surface area (Å²) in [6.45, 7) is 4.81. The Morgan fingerprint density at radius 3 is 2.25 bits per heavy atom. The number of hydrogen-bond donors (Lipinski definition) is 1. The zero-order valence-corrected chi connectivity index (χ0v) is 6.09. The molecule has 0 aliphatic carbocycles. The third-order valence-electron chi connectivity index (χ3n) is 0.612. The average Bonchev–Trinajstić information content (AvgIpc) is 1.61. The van der Waals surface area contributed by atoms with E-state index in [2.05, 4.69) is 25.1 Å². The van der Waals surface area contributed by atoms with E-state index in [1.54, 1.807) is 0 Å². The Bertz CT molecular complexity index is 73.1. The van der Waals surface area contributed by atoms with Gasteiger partial charge in [0.1, 0.15) is 0 Å². The maximum absolute atomic E-state index is 4.96. The summed E-state index contributed by atoms with van der Waals surface area (Å²) in [7, 11) is 0. The highest BCUT2D eigenvalue weighted by atomic mass is 35.5. The molecular formula is C6H12ClN. The first-order valence-corrected chi connectivity index (χ1v) is 2.44. The van der Waals surface area contributed by atoms with E-state index >= 15 is 0 Å². The van der Waals surface area contributed by atoms with Crippen LogP contribution in [0.4, 0.5) is 0 Å². The summed E-state index contributed by atoms with van der Waals surface area (Å²) in [5.74, 6) is 2.49. The van der Waals surface area contributed by atoms with Gasteiger partial charge in [0, 0.05) is 6.04 Å². The van der Waals surface area contributed by atoms with E-state index in [0.29, 0.717) is 12.6 Å². The third-order valence-corrected chi connectivity index (χ3v) is 0.612. The highest BCUT2D eigenvalue weighted by molar-refractivity contribution is 5.85. The van der Waals surface area contributed by atoms with Crippen molar-refractivity contribution in [3.63, 3.8) is 0 Å². The molecule has 0 fully saturated rings. The summed E-state index contributed by atoms with van der Waals surface area (Å²) in [4.78, 5) is 0. The van der Waals surface area contributed by atoms with Gasteiger partial charge in [-0.1, -0.05) is 5.92 Å². The van der Waals surface area contributed by atoms with Gasteiger partial charge in [-0.3, -0.25) is 0 Å². The third kappa shape index (κ3) is 9.26. The largest absolute Gasteiger partial charge is 0.304 e. The fourth-order valence-electron chi connectivity index (χ4n) is 0.263. The summed E-state index contributed by atoms with van der Waals surface area (Å²) in [5, 5.41) is 3.06. The first-order chi connectivity index (χ1) is 3.27. The van der Waals surface area contributed by atoms with Crippen molar-refractivity contribution in [3.05, 3.63) is 0 Å². The molecule has 0 unspecified atom stereocenters. The Morgan fingerprint density at radius 1 is 1.62 bits per heavy atom. The normalized spacial score (nSPS) is 7.75. The molecule has 0 aliphatic heterocycles. The van der Waals surface area contributed by atoms with Crippen molar-refractivity contribution in [2.45, 2.75) is 19.9 Å². The second-order valence-electron chi connectivity index (χ2n) is 1.74. The number of terminal acetylenes is 1. The van der Waals surface area contributed by atoms with Gasteiger partial charge in [0.05, 0.1) is 6.54 Å². The van der Waals surface area contributed by atoms with Gasteiger partial charge in [-0.2, -0.15) is 0 Å². The fourth-order valence-corrected chi connectivity index (χ4v) is 0.263. The number of rotatable bonds is 2. The van der Waals surface area contributed by atoms with Crippen molar-refractivity contribution in [1.29, 1.82) is 0 Å². The molecule has 0 aromatic carbocycles. The van der Waals surface area contributed by atoms with Crippen LogP contribution in [-0.2, 0) is 0 Å². The Labute approximate surface area is 57.3 Å². The lowest BCUT2D eigenvalue weighted by Crippen LogP contribution is -2.22. The van der Waals surface area contributed by atoms with Crippen molar-refractivity contribution in [1.82, 2.24) is 5.32 Å². The van der Waals surface area contributed by atoms with Gasteiger partial charge in [-0.05, 0) is 13.8 Å². The van der Waals surface area contributed by atoms with Crippen LogP contribution in [0.15, 0.2) is 0 Å². The Balaban J connectivity index is 0. The molecule has 0 aromatic heterocycles. The molecule has 0 amide bonds. The van der Waals surface area contributed by atoms with Crippen molar-refractivity contribution in [3.8, 4) is 12.3 Å². The minimum atomic E-state index is 0. The molecule has 0 rings (SSSR count). The van der Waals surface area contributed by atoms with E-state index in [-0.39, 0.29) is 12.4 Å². The second-order valence-corrected chi connectivity index (χ2v) is 1.74. The summed E-state index contributed by atoms with van der Waals surface area (Å²) >= 11 is 0. The van der Waals surface area contributed by atoms with Crippen LogP contribution in [-0.4, -0.2) is 12.6 Å². The van der Waals surface area contributed by atoms with Crippen molar-refractivity contribution < 1.29 is 0 Å². The smallest absolute Gasteiger partial charge is 0.0575 e. The SMILES string of the molecule is C#CCNC(C)C.Cl. The zero-order chi connectivity index (χ0) is 5.70. The topological polar surface area (TPSA) is 12.0 Å². The molecule has 0 radical (unpaired) electrons. The van der Waals surface area contributed by atoms with Gasteiger partial charge < -0.3 is 5.32 Å². The quantitative estimate of drug-likeness (QED) is 0.555. The Morgan fingerprint density at radius 2 is 2.12 bits per heavy atom. The van der Waals surface area contributed by atoms with E-state index in [4.69, 9.17) is 6.42 Å². The van der Waals surface area contributed by atoms with Gasteiger partial charge in [-0.15, -0.1) is 18.8 Å². The lowest BCUT2D eigenvalue weighted by atomic mass is 10.4. The maximum atomic E-state index is 4.96. The van der Waals surface area contributed by atoms with E-state index < -0.39 is 0 Å². The highest BCUT2D eigenvalue weighted by Crippen LogP contribution is 1.70. The van der Waals surface area contributed by atoms with Gasteiger partial charge in [0.15, 0.2) is 0 Å². The van der Waals surface area contributed by atoms with Crippen molar-refractivity contribution in [2.24, 2.45) is 0 Å². The fraction of sp³-hybridized carbons (Fsp3) is 0.667. The van der Waals surface area contributed by atoms with Crippen LogP contribution >= 0.6 is 12.4 Å². The molecule has 48 valence electrons. The first-order valence-electron chi connectivity index (χ1n) is 2.44. The van der Waals surface area contributed by atoms with Crippen LogP contribution in [0.2, 0.25) is 0 Å². The maximum Gasteiger partial charge on any atom is 0.0575 e. The molecule has 0 bridgehead atoms. The summed E-state index contributed by atoms with van der Waals surface area (Å²) in [5.41, 5.74) is 0. The molecule has 0 saturated carbocycles. The van der Waals surface area contributed by atoms with Crippen LogP contribution < -0.4 is 5.32 Å². The minimum absolute atomic E-state index is 0. The molecule has 0 aromatic rings. The molecule has 2 heteroatoms. The monoisotopic (exact) mass is 133 g/mol. The molecule has 1 N–H and O–H groups in total. The number of halogens is 1. The average molecular weight is 134 g/mol. The molecule has 0 spiro atoms. The van der Waals surface area contributed by atoms with E-state index in [9.17, 15) is 0 Å². The summed E-state index contributed by atoms with van der Waals surface area (Å²) < 4.78 is 0. The highest BCUT2D eigenvalue weighted by Gasteiger charge is 1.83. The lowest BCUT2D eigenvalue weighted by molar-refractivity contribution is 0.639. The molecule has 0 aliphatic rings. The molecule has 8 heavy (non-hydrogen) atoms. The summed E-state index contributed by atoms with van der Waals surface area (Å²) in [6.07, 6.45) is 4.96. The van der Waals surface area contributed by atoms with E-state index in [0.717, 1.165) is 0 Å². The second kappa shape index (κ2) is 6.81.